The first-order valence-electron chi connectivity index (χ1n) is 11.5. The van der Waals surface area contributed by atoms with Crippen LogP contribution in [0.5, 0.6) is 0 Å². The lowest BCUT2D eigenvalue weighted by Crippen LogP contribution is -2.44. The maximum atomic E-state index is 12.0. The van der Waals surface area contributed by atoms with Gasteiger partial charge < -0.3 is 10.1 Å². The Hall–Kier alpha value is -1.32. The Morgan fingerprint density at radius 2 is 1.32 bits per heavy atom. The van der Waals surface area contributed by atoms with Crippen molar-refractivity contribution in [3.63, 3.8) is 0 Å². The van der Waals surface area contributed by atoms with Crippen molar-refractivity contribution in [2.24, 2.45) is 5.92 Å². The summed E-state index contributed by atoms with van der Waals surface area (Å²) in [6.45, 7) is 6.07. The molecular formula is C24H45NO3. The van der Waals surface area contributed by atoms with E-state index in [0.717, 1.165) is 12.8 Å². The van der Waals surface area contributed by atoms with Crippen molar-refractivity contribution in [1.29, 1.82) is 0 Å². The predicted molar refractivity (Wildman–Crippen MR) is 118 cm³/mol. The zero-order valence-electron chi connectivity index (χ0n) is 18.9. The van der Waals surface area contributed by atoms with Crippen LogP contribution in [0.2, 0.25) is 0 Å². The molecule has 1 amide bonds. The number of hydrogen-bond donors (Lipinski definition) is 1. The fraction of sp³-hybridized carbons (Fsp3) is 0.833. The maximum absolute atomic E-state index is 12.0. The van der Waals surface area contributed by atoms with Crippen molar-refractivity contribution in [3.05, 3.63) is 12.2 Å². The third-order valence-electron chi connectivity index (χ3n) is 5.10. The van der Waals surface area contributed by atoms with E-state index in [9.17, 15) is 9.59 Å². The lowest BCUT2D eigenvalue weighted by molar-refractivity contribution is -0.146. The van der Waals surface area contributed by atoms with Crippen LogP contribution in [-0.2, 0) is 14.3 Å². The van der Waals surface area contributed by atoms with Gasteiger partial charge in [-0.1, -0.05) is 84.3 Å². The zero-order valence-corrected chi connectivity index (χ0v) is 18.9. The molecule has 0 radical (unpaired) electrons. The largest absolute Gasteiger partial charge is 0.467 e. The summed E-state index contributed by atoms with van der Waals surface area (Å²) in [5.41, 5.74) is 0. The molecule has 0 unspecified atom stereocenters. The molecule has 0 saturated heterocycles. The van der Waals surface area contributed by atoms with Gasteiger partial charge in [0.2, 0.25) is 5.91 Å². The lowest BCUT2D eigenvalue weighted by Gasteiger charge is -2.19. The van der Waals surface area contributed by atoms with E-state index in [1.54, 1.807) is 0 Å². The second-order valence-electron chi connectivity index (χ2n) is 8.15. The molecule has 0 fully saturated rings. The van der Waals surface area contributed by atoms with Crippen LogP contribution in [0.4, 0.5) is 0 Å². The van der Waals surface area contributed by atoms with E-state index >= 15 is 0 Å². The highest BCUT2D eigenvalue weighted by atomic mass is 16.5. The third kappa shape index (κ3) is 15.7. The number of nitrogens with one attached hydrogen (secondary N) is 1. The first kappa shape index (κ1) is 26.7. The predicted octanol–water partition coefficient (Wildman–Crippen LogP) is 6.34. The number of esters is 1. The summed E-state index contributed by atoms with van der Waals surface area (Å²) in [6, 6.07) is -0.541. The molecule has 0 aliphatic heterocycles. The number of rotatable bonds is 18. The molecule has 0 aliphatic rings. The molecule has 0 aromatic rings. The van der Waals surface area contributed by atoms with E-state index in [-0.39, 0.29) is 17.8 Å². The Kier molecular flexibility index (Phi) is 18.1. The van der Waals surface area contributed by atoms with E-state index in [0.29, 0.717) is 6.42 Å². The van der Waals surface area contributed by atoms with E-state index < -0.39 is 6.04 Å². The Balaban J connectivity index is 3.52. The van der Waals surface area contributed by atoms with E-state index in [1.807, 2.05) is 13.8 Å². The number of methoxy groups -OCH3 is 1. The molecule has 0 spiro atoms. The molecule has 1 atom stereocenters. The number of carbonyl (C=O) groups excluding carboxylic acids is 2. The summed E-state index contributed by atoms with van der Waals surface area (Å²) < 4.78 is 4.75. The third-order valence-corrected chi connectivity index (χ3v) is 5.10. The highest BCUT2D eigenvalue weighted by Gasteiger charge is 2.24. The topological polar surface area (TPSA) is 55.4 Å². The van der Waals surface area contributed by atoms with Gasteiger partial charge in [-0.15, -0.1) is 0 Å². The van der Waals surface area contributed by atoms with Crippen molar-refractivity contribution < 1.29 is 14.3 Å². The number of ether oxygens (including phenoxy) is 1. The van der Waals surface area contributed by atoms with E-state index in [1.165, 1.54) is 77.7 Å². The SMILES string of the molecule is CCCCCCCC/C=C\CCCCCCCC(=O)N[C@@H](C(=O)OC)C(C)C. The van der Waals surface area contributed by atoms with Crippen LogP contribution in [0, 0.1) is 5.92 Å². The van der Waals surface area contributed by atoms with Crippen molar-refractivity contribution in [2.75, 3.05) is 7.11 Å². The molecule has 1 N–H and O–H groups in total. The summed E-state index contributed by atoms with van der Waals surface area (Å²) in [5.74, 6) is -0.389. The highest BCUT2D eigenvalue weighted by molar-refractivity contribution is 5.84. The first-order chi connectivity index (χ1) is 13.5. The first-order valence-corrected chi connectivity index (χ1v) is 11.5. The average molecular weight is 396 g/mol. The molecule has 4 heteroatoms. The molecule has 0 heterocycles. The van der Waals surface area contributed by atoms with E-state index in [4.69, 9.17) is 4.74 Å². The zero-order chi connectivity index (χ0) is 21.0. The maximum Gasteiger partial charge on any atom is 0.328 e. The summed E-state index contributed by atoms with van der Waals surface area (Å²) in [6.07, 6.45) is 21.3. The molecule has 0 aromatic carbocycles. The monoisotopic (exact) mass is 395 g/mol. The summed E-state index contributed by atoms with van der Waals surface area (Å²) >= 11 is 0. The molecule has 0 aliphatic carbocycles. The summed E-state index contributed by atoms with van der Waals surface area (Å²) in [5, 5.41) is 2.79. The highest BCUT2D eigenvalue weighted by Crippen LogP contribution is 2.10. The summed E-state index contributed by atoms with van der Waals surface area (Å²) in [4.78, 5) is 23.6. The smallest absolute Gasteiger partial charge is 0.328 e. The molecule has 4 nitrogen and oxygen atoms in total. The van der Waals surface area contributed by atoms with Gasteiger partial charge in [-0.25, -0.2) is 4.79 Å². The van der Waals surface area contributed by atoms with Crippen LogP contribution in [0.25, 0.3) is 0 Å². The molecule has 0 aromatic heterocycles. The van der Waals surface area contributed by atoms with Crippen molar-refractivity contribution >= 4 is 11.9 Å². The van der Waals surface area contributed by atoms with Crippen LogP contribution >= 0.6 is 0 Å². The quantitative estimate of drug-likeness (QED) is 0.167. The molecular weight excluding hydrogens is 350 g/mol. The minimum Gasteiger partial charge on any atom is -0.467 e. The molecule has 28 heavy (non-hydrogen) atoms. The number of amides is 1. The van der Waals surface area contributed by atoms with Gasteiger partial charge in [-0.3, -0.25) is 4.79 Å². The minimum absolute atomic E-state index is 0.0329. The number of carbonyl (C=O) groups is 2. The molecule has 0 rings (SSSR count). The standard InChI is InChI=1S/C24H45NO3/c1-5-6-7-8-9-10-11-12-13-14-15-16-17-18-19-20-22(26)25-23(21(2)3)24(27)28-4/h12-13,21,23H,5-11,14-20H2,1-4H3,(H,25,26)/b13-12-/t23-/m1/s1. The minimum atomic E-state index is -0.541. The van der Waals surface area contributed by atoms with Crippen molar-refractivity contribution in [2.45, 2.75) is 117 Å². The van der Waals surface area contributed by atoms with Crippen LogP contribution in [0.3, 0.4) is 0 Å². The number of hydrogen-bond acceptors (Lipinski definition) is 3. The van der Waals surface area contributed by atoms with Gasteiger partial charge in [0.05, 0.1) is 7.11 Å². The van der Waals surface area contributed by atoms with Gasteiger partial charge in [-0.05, 0) is 38.0 Å². The van der Waals surface area contributed by atoms with Crippen LogP contribution in [0.1, 0.15) is 111 Å². The molecule has 0 bridgehead atoms. The van der Waals surface area contributed by atoms with Crippen molar-refractivity contribution in [3.8, 4) is 0 Å². The van der Waals surface area contributed by atoms with Crippen LogP contribution < -0.4 is 5.32 Å². The Morgan fingerprint density at radius 1 is 0.821 bits per heavy atom. The van der Waals surface area contributed by atoms with E-state index in [2.05, 4.69) is 24.4 Å². The fourth-order valence-electron chi connectivity index (χ4n) is 3.23. The normalized spacial score (nSPS) is 12.5. The number of allylic oxidation sites excluding steroid dienone is 2. The van der Waals surface area contributed by atoms with Gasteiger partial charge in [0, 0.05) is 6.42 Å². The fourth-order valence-corrected chi connectivity index (χ4v) is 3.23. The van der Waals surface area contributed by atoms with Crippen LogP contribution in [-0.4, -0.2) is 25.0 Å². The Morgan fingerprint density at radius 3 is 1.82 bits per heavy atom. The van der Waals surface area contributed by atoms with Crippen LogP contribution in [0.15, 0.2) is 12.2 Å². The van der Waals surface area contributed by atoms with Gasteiger partial charge in [0.1, 0.15) is 6.04 Å². The Labute approximate surface area is 173 Å². The van der Waals surface area contributed by atoms with Gasteiger partial charge in [-0.2, -0.15) is 0 Å². The van der Waals surface area contributed by atoms with Gasteiger partial charge >= 0.3 is 5.97 Å². The molecule has 164 valence electrons. The van der Waals surface area contributed by atoms with Gasteiger partial charge in [0.15, 0.2) is 0 Å². The summed E-state index contributed by atoms with van der Waals surface area (Å²) in [7, 11) is 1.35. The Bertz CT molecular complexity index is 418. The molecule has 0 saturated carbocycles. The number of unbranched alkanes of at least 4 members (excludes halogenated alkanes) is 11. The van der Waals surface area contributed by atoms with Gasteiger partial charge in [0.25, 0.3) is 0 Å². The second-order valence-corrected chi connectivity index (χ2v) is 8.15. The lowest BCUT2D eigenvalue weighted by atomic mass is 10.0. The van der Waals surface area contributed by atoms with Crippen molar-refractivity contribution in [1.82, 2.24) is 5.32 Å². The average Bonchev–Trinajstić information content (AvgIpc) is 2.68. The second kappa shape index (κ2) is 19.0.